The number of carbonyl (C=O) groups is 2. The van der Waals surface area contributed by atoms with Crippen LogP contribution < -0.4 is 5.32 Å². The summed E-state index contributed by atoms with van der Waals surface area (Å²) in [6.45, 7) is 0. The van der Waals surface area contributed by atoms with Gasteiger partial charge in [0.15, 0.2) is 0 Å². The number of anilines is 1. The molecule has 7 nitrogen and oxygen atoms in total. The summed E-state index contributed by atoms with van der Waals surface area (Å²) < 4.78 is 4.87. The number of rotatable bonds is 4. The Kier molecular flexibility index (Phi) is 4.80. The van der Waals surface area contributed by atoms with Gasteiger partial charge in [0, 0.05) is 22.6 Å². The highest BCUT2D eigenvalue weighted by molar-refractivity contribution is 7.17. The van der Waals surface area contributed by atoms with Crippen molar-refractivity contribution in [1.29, 1.82) is 0 Å². The van der Waals surface area contributed by atoms with Crippen LogP contribution in [-0.4, -0.2) is 23.9 Å². The minimum Gasteiger partial charge on any atom is -0.465 e. The molecule has 0 aliphatic heterocycles. The maximum absolute atomic E-state index is 12.5. The van der Waals surface area contributed by atoms with Crippen molar-refractivity contribution in [2.24, 2.45) is 0 Å². The van der Waals surface area contributed by atoms with Crippen molar-refractivity contribution in [3.05, 3.63) is 55.9 Å². The van der Waals surface area contributed by atoms with Gasteiger partial charge in [-0.25, -0.2) is 4.79 Å². The van der Waals surface area contributed by atoms with E-state index in [1.165, 1.54) is 42.7 Å². The number of non-ortho nitro benzene ring substituents is 1. The summed E-state index contributed by atoms with van der Waals surface area (Å²) in [6.07, 6.45) is 3.69. The molecule has 0 radical (unpaired) electrons. The van der Waals surface area contributed by atoms with Crippen molar-refractivity contribution in [2.45, 2.75) is 25.7 Å². The molecule has 3 rings (SSSR count). The quantitative estimate of drug-likeness (QED) is 0.510. The highest BCUT2D eigenvalue weighted by Gasteiger charge is 2.27. The first kappa shape index (κ1) is 17.1. The number of hydrogen-bond acceptors (Lipinski definition) is 6. The number of benzene rings is 1. The first-order chi connectivity index (χ1) is 12.0. The van der Waals surface area contributed by atoms with E-state index in [1.54, 1.807) is 0 Å². The average molecular weight is 360 g/mol. The van der Waals surface area contributed by atoms with Crippen LogP contribution >= 0.6 is 11.3 Å². The smallest absolute Gasteiger partial charge is 0.341 e. The van der Waals surface area contributed by atoms with Gasteiger partial charge >= 0.3 is 5.97 Å². The summed E-state index contributed by atoms with van der Waals surface area (Å²) in [5, 5.41) is 14.0. The number of ether oxygens (including phenoxy) is 1. The monoisotopic (exact) mass is 360 g/mol. The molecule has 0 saturated carbocycles. The van der Waals surface area contributed by atoms with Crippen molar-refractivity contribution in [3.8, 4) is 0 Å². The third kappa shape index (κ3) is 3.39. The van der Waals surface area contributed by atoms with Gasteiger partial charge in [0.25, 0.3) is 11.6 Å². The van der Waals surface area contributed by atoms with Gasteiger partial charge in [0.2, 0.25) is 0 Å². The predicted molar refractivity (Wildman–Crippen MR) is 93.4 cm³/mol. The summed E-state index contributed by atoms with van der Waals surface area (Å²) in [7, 11) is 1.31. The lowest BCUT2D eigenvalue weighted by Gasteiger charge is -2.11. The predicted octanol–water partition coefficient (Wildman–Crippen LogP) is 3.57. The van der Waals surface area contributed by atoms with E-state index in [0.717, 1.165) is 36.1 Å². The summed E-state index contributed by atoms with van der Waals surface area (Å²) >= 11 is 1.37. The molecule has 0 fully saturated rings. The second-order valence-corrected chi connectivity index (χ2v) is 6.77. The molecule has 0 atom stereocenters. The van der Waals surface area contributed by atoms with Crippen LogP contribution in [0.3, 0.4) is 0 Å². The minimum atomic E-state index is -0.555. The molecule has 1 aliphatic rings. The standard InChI is InChI=1S/C17H16N2O5S/c1-24-17(21)14-12-7-2-3-8-13(12)25-16(14)18-15(20)10-5-4-6-11(9-10)19(22)23/h4-6,9H,2-3,7-8H2,1H3,(H,18,20). The lowest BCUT2D eigenvalue weighted by atomic mass is 9.95. The van der Waals surface area contributed by atoms with Crippen LogP contribution in [-0.2, 0) is 17.6 Å². The van der Waals surface area contributed by atoms with Gasteiger partial charge in [0.1, 0.15) is 5.00 Å². The number of nitro groups is 1. The van der Waals surface area contributed by atoms with Gasteiger partial charge in [-0.05, 0) is 37.3 Å². The van der Waals surface area contributed by atoms with E-state index in [0.29, 0.717) is 10.6 Å². The Morgan fingerprint density at radius 2 is 2.04 bits per heavy atom. The van der Waals surface area contributed by atoms with E-state index in [4.69, 9.17) is 4.74 Å². The normalized spacial score (nSPS) is 13.0. The van der Waals surface area contributed by atoms with Gasteiger partial charge in [-0.2, -0.15) is 0 Å². The maximum Gasteiger partial charge on any atom is 0.341 e. The number of nitrogens with one attached hydrogen (secondary N) is 1. The van der Waals surface area contributed by atoms with E-state index >= 15 is 0 Å². The molecule has 0 saturated heterocycles. The first-order valence-corrected chi connectivity index (χ1v) is 8.61. The molecule has 1 aromatic heterocycles. The fourth-order valence-electron chi connectivity index (χ4n) is 2.91. The summed E-state index contributed by atoms with van der Waals surface area (Å²) in [4.78, 5) is 36.1. The van der Waals surface area contributed by atoms with Crippen molar-refractivity contribution < 1.29 is 19.2 Å². The van der Waals surface area contributed by atoms with Crippen LogP contribution in [0.15, 0.2) is 24.3 Å². The Morgan fingerprint density at radius 1 is 1.28 bits per heavy atom. The highest BCUT2D eigenvalue weighted by Crippen LogP contribution is 2.38. The van der Waals surface area contributed by atoms with Crippen molar-refractivity contribution >= 4 is 33.9 Å². The lowest BCUT2D eigenvalue weighted by molar-refractivity contribution is -0.384. The molecule has 1 amide bonds. The molecule has 1 aliphatic carbocycles. The first-order valence-electron chi connectivity index (χ1n) is 7.80. The second kappa shape index (κ2) is 7.02. The van der Waals surface area contributed by atoms with Crippen LogP contribution in [0.4, 0.5) is 10.7 Å². The van der Waals surface area contributed by atoms with Crippen LogP contribution in [0.25, 0.3) is 0 Å². The van der Waals surface area contributed by atoms with E-state index in [1.807, 2.05) is 0 Å². The Labute approximate surface area is 147 Å². The van der Waals surface area contributed by atoms with Crippen LogP contribution in [0.1, 0.15) is 44.0 Å². The molecule has 0 bridgehead atoms. The molecule has 2 aromatic rings. The van der Waals surface area contributed by atoms with Gasteiger partial charge in [-0.15, -0.1) is 11.3 Å². The molecular formula is C17H16N2O5S. The fourth-order valence-corrected chi connectivity index (χ4v) is 4.18. The number of aryl methyl sites for hydroxylation is 1. The number of nitro benzene ring substituents is 1. The van der Waals surface area contributed by atoms with Crippen LogP contribution in [0.5, 0.6) is 0 Å². The molecule has 8 heteroatoms. The Bertz CT molecular complexity index is 859. The Balaban J connectivity index is 1.93. The number of thiophene rings is 1. The van der Waals surface area contributed by atoms with E-state index < -0.39 is 16.8 Å². The fraction of sp³-hybridized carbons (Fsp3) is 0.294. The highest BCUT2D eigenvalue weighted by atomic mass is 32.1. The van der Waals surface area contributed by atoms with Crippen LogP contribution in [0, 0.1) is 10.1 Å². The molecule has 1 aromatic carbocycles. The summed E-state index contributed by atoms with van der Waals surface area (Å²) in [5.41, 5.74) is 1.35. The zero-order valence-electron chi connectivity index (χ0n) is 13.5. The molecule has 1 heterocycles. The van der Waals surface area contributed by atoms with Gasteiger partial charge in [-0.1, -0.05) is 6.07 Å². The number of hydrogen-bond donors (Lipinski definition) is 1. The number of carbonyl (C=O) groups excluding carboxylic acids is 2. The molecule has 0 spiro atoms. The second-order valence-electron chi connectivity index (χ2n) is 5.67. The van der Waals surface area contributed by atoms with Crippen LogP contribution in [0.2, 0.25) is 0 Å². The zero-order chi connectivity index (χ0) is 18.0. The largest absolute Gasteiger partial charge is 0.465 e. The number of fused-ring (bicyclic) bond motifs is 1. The Hall–Kier alpha value is -2.74. The third-order valence-electron chi connectivity index (χ3n) is 4.11. The van der Waals surface area contributed by atoms with Crippen molar-refractivity contribution in [2.75, 3.05) is 12.4 Å². The van der Waals surface area contributed by atoms with E-state index in [-0.39, 0.29) is 11.3 Å². The molecule has 130 valence electrons. The van der Waals surface area contributed by atoms with Crippen molar-refractivity contribution in [1.82, 2.24) is 0 Å². The average Bonchev–Trinajstić information content (AvgIpc) is 2.98. The van der Waals surface area contributed by atoms with E-state index in [9.17, 15) is 19.7 Å². The maximum atomic E-state index is 12.5. The topological polar surface area (TPSA) is 98.5 Å². The summed E-state index contributed by atoms with van der Waals surface area (Å²) in [6, 6.07) is 5.47. The van der Waals surface area contributed by atoms with Gasteiger partial charge < -0.3 is 10.1 Å². The summed E-state index contributed by atoms with van der Waals surface area (Å²) in [5.74, 6) is -0.971. The molecular weight excluding hydrogens is 344 g/mol. The molecule has 1 N–H and O–H groups in total. The van der Waals surface area contributed by atoms with E-state index in [2.05, 4.69) is 5.32 Å². The number of methoxy groups -OCH3 is 1. The number of nitrogens with zero attached hydrogens (tertiary/aromatic N) is 1. The van der Waals surface area contributed by atoms with Crippen molar-refractivity contribution in [3.63, 3.8) is 0 Å². The lowest BCUT2D eigenvalue weighted by Crippen LogP contribution is -2.15. The molecule has 25 heavy (non-hydrogen) atoms. The number of amides is 1. The molecule has 0 unspecified atom stereocenters. The number of esters is 1. The zero-order valence-corrected chi connectivity index (χ0v) is 14.4. The Morgan fingerprint density at radius 3 is 2.76 bits per heavy atom. The van der Waals surface area contributed by atoms with Gasteiger partial charge in [-0.3, -0.25) is 14.9 Å². The SMILES string of the molecule is COC(=O)c1c(NC(=O)c2cccc([N+](=O)[O-])c2)sc2c1CCCC2. The minimum absolute atomic E-state index is 0.161. The third-order valence-corrected chi connectivity index (χ3v) is 5.31. The van der Waals surface area contributed by atoms with Gasteiger partial charge in [0.05, 0.1) is 17.6 Å².